The average Bonchev–Trinajstić information content (AvgIpc) is 3.11. The Morgan fingerprint density at radius 3 is 2.62 bits per heavy atom. The van der Waals surface area contributed by atoms with E-state index in [1.807, 2.05) is 6.07 Å². The van der Waals surface area contributed by atoms with Crippen LogP contribution in [0.3, 0.4) is 0 Å². The zero-order valence-electron chi connectivity index (χ0n) is 16.2. The number of fused-ring (bicyclic) bond motifs is 1. The zero-order valence-corrected chi connectivity index (χ0v) is 16.2. The van der Waals surface area contributed by atoms with Gasteiger partial charge in [0.1, 0.15) is 17.1 Å². The monoisotopic (exact) mass is 405 g/mol. The lowest BCUT2D eigenvalue weighted by Gasteiger charge is -2.35. The maximum atomic E-state index is 12.5. The van der Waals surface area contributed by atoms with Gasteiger partial charge in [0.05, 0.1) is 5.52 Å². The van der Waals surface area contributed by atoms with Crippen molar-refractivity contribution < 1.29 is 17.9 Å². The molecule has 0 spiro atoms. The third-order valence-corrected chi connectivity index (χ3v) is 5.22. The predicted octanol–water partition coefficient (Wildman–Crippen LogP) is 4.05. The molecule has 0 saturated carbocycles. The van der Waals surface area contributed by atoms with E-state index in [-0.39, 0.29) is 5.75 Å². The van der Waals surface area contributed by atoms with E-state index in [1.165, 1.54) is 18.2 Å². The van der Waals surface area contributed by atoms with Crippen molar-refractivity contribution in [3.05, 3.63) is 36.5 Å². The van der Waals surface area contributed by atoms with E-state index in [9.17, 15) is 13.2 Å². The zero-order chi connectivity index (χ0) is 20.6. The van der Waals surface area contributed by atoms with E-state index >= 15 is 0 Å². The fraction of sp³-hybridized carbons (Fsp3) is 0.400. The molecule has 1 N–H and O–H groups in total. The molecule has 1 aliphatic heterocycles. The molecule has 0 unspecified atom stereocenters. The lowest BCUT2D eigenvalue weighted by atomic mass is 10.0. The molecule has 29 heavy (non-hydrogen) atoms. The Kier molecular flexibility index (Phi) is 5.08. The average molecular weight is 405 g/mol. The lowest BCUT2D eigenvalue weighted by molar-refractivity contribution is -0.274. The number of pyridine rings is 1. The van der Waals surface area contributed by atoms with Crippen molar-refractivity contribution in [2.45, 2.75) is 25.2 Å². The highest BCUT2D eigenvalue weighted by atomic mass is 19.4. The normalized spacial score (nSPS) is 16.0. The fourth-order valence-electron chi connectivity index (χ4n) is 3.72. The number of anilines is 1. The van der Waals surface area contributed by atoms with E-state index in [0.29, 0.717) is 22.9 Å². The van der Waals surface area contributed by atoms with Gasteiger partial charge in [0.2, 0.25) is 0 Å². The van der Waals surface area contributed by atoms with Gasteiger partial charge in [-0.15, -0.1) is 13.2 Å². The van der Waals surface area contributed by atoms with E-state index in [4.69, 9.17) is 0 Å². The number of piperidine rings is 1. The van der Waals surface area contributed by atoms with Gasteiger partial charge in [-0.3, -0.25) is 0 Å². The summed E-state index contributed by atoms with van der Waals surface area (Å²) >= 11 is 0. The first kappa shape index (κ1) is 19.5. The molecule has 2 aromatic heterocycles. The molecule has 0 aliphatic carbocycles. The van der Waals surface area contributed by atoms with Crippen LogP contribution in [0, 0.1) is 0 Å². The quantitative estimate of drug-likeness (QED) is 0.710. The molecular weight excluding hydrogens is 383 g/mol. The van der Waals surface area contributed by atoms with Crippen LogP contribution in [0.1, 0.15) is 12.8 Å². The molecule has 9 heteroatoms. The van der Waals surface area contributed by atoms with Crippen LogP contribution < -0.4 is 9.64 Å². The number of ether oxygens (including phenoxy) is 1. The molecule has 0 amide bonds. The first-order valence-electron chi connectivity index (χ1n) is 9.42. The summed E-state index contributed by atoms with van der Waals surface area (Å²) in [5.74, 6) is 0.995. The lowest BCUT2D eigenvalue weighted by Crippen LogP contribution is -2.42. The van der Waals surface area contributed by atoms with Gasteiger partial charge >= 0.3 is 6.36 Å². The summed E-state index contributed by atoms with van der Waals surface area (Å²) < 4.78 is 41.6. The van der Waals surface area contributed by atoms with Gasteiger partial charge in [0, 0.05) is 30.9 Å². The van der Waals surface area contributed by atoms with Gasteiger partial charge in [-0.05, 0) is 45.1 Å². The number of rotatable bonds is 4. The van der Waals surface area contributed by atoms with Crippen molar-refractivity contribution in [2.75, 3.05) is 32.1 Å². The van der Waals surface area contributed by atoms with Crippen LogP contribution in [0.2, 0.25) is 0 Å². The number of halogens is 3. The Balaban J connectivity index is 1.63. The van der Waals surface area contributed by atoms with Crippen molar-refractivity contribution in [1.82, 2.24) is 19.9 Å². The van der Waals surface area contributed by atoms with Gasteiger partial charge in [-0.1, -0.05) is 12.1 Å². The number of hydrogen-bond acceptors (Lipinski definition) is 5. The number of imidazole rings is 1. The number of aromatic amines is 1. The number of nitrogens with one attached hydrogen (secondary N) is 1. The maximum Gasteiger partial charge on any atom is 0.573 e. The highest BCUT2D eigenvalue weighted by Crippen LogP contribution is 2.31. The SMILES string of the molecule is CN(C)C1CCN(c2nccc3[nH]c(-c4cccc(OC(F)(F)F)c4)nc23)CC1. The number of alkyl halides is 3. The molecule has 1 fully saturated rings. The van der Waals surface area contributed by atoms with E-state index in [2.05, 4.69) is 43.6 Å². The summed E-state index contributed by atoms with van der Waals surface area (Å²) in [5.41, 5.74) is 2.02. The number of hydrogen-bond donors (Lipinski definition) is 1. The van der Waals surface area contributed by atoms with Crippen LogP contribution in [-0.4, -0.2) is 59.4 Å². The Morgan fingerprint density at radius 1 is 1.17 bits per heavy atom. The van der Waals surface area contributed by atoms with Gasteiger partial charge in [0.25, 0.3) is 0 Å². The minimum Gasteiger partial charge on any atom is -0.406 e. The summed E-state index contributed by atoms with van der Waals surface area (Å²) in [6.07, 6.45) is -0.929. The smallest absolute Gasteiger partial charge is 0.406 e. The molecule has 6 nitrogen and oxygen atoms in total. The Bertz CT molecular complexity index is 993. The van der Waals surface area contributed by atoms with Crippen molar-refractivity contribution in [1.29, 1.82) is 0 Å². The van der Waals surface area contributed by atoms with Gasteiger partial charge in [0.15, 0.2) is 5.82 Å². The first-order chi connectivity index (χ1) is 13.8. The molecule has 1 saturated heterocycles. The Labute approximate surface area is 166 Å². The van der Waals surface area contributed by atoms with E-state index in [1.54, 1.807) is 12.3 Å². The summed E-state index contributed by atoms with van der Waals surface area (Å²) in [7, 11) is 4.19. The minimum atomic E-state index is -4.73. The Morgan fingerprint density at radius 2 is 1.93 bits per heavy atom. The summed E-state index contributed by atoms with van der Waals surface area (Å²) in [4.78, 5) is 16.8. The molecule has 0 radical (unpaired) electrons. The summed E-state index contributed by atoms with van der Waals surface area (Å²) in [5, 5.41) is 0. The van der Waals surface area contributed by atoms with Gasteiger partial charge in [-0.2, -0.15) is 0 Å². The molecular formula is C20H22F3N5O. The predicted molar refractivity (Wildman–Crippen MR) is 105 cm³/mol. The fourth-order valence-corrected chi connectivity index (χ4v) is 3.72. The second kappa shape index (κ2) is 7.55. The number of nitrogens with zero attached hydrogens (tertiary/aromatic N) is 4. The standard InChI is InChI=1S/C20H22F3N5O/c1-27(2)14-7-10-28(11-8-14)19-17-16(6-9-24-19)25-18(26-17)13-4-3-5-15(12-13)29-20(21,22)23/h3-6,9,12,14H,7-8,10-11H2,1-2H3,(H,25,26). The van der Waals surface area contributed by atoms with Crippen LogP contribution >= 0.6 is 0 Å². The summed E-state index contributed by atoms with van der Waals surface area (Å²) in [6.45, 7) is 1.76. The van der Waals surface area contributed by atoms with Crippen molar-refractivity contribution in [2.24, 2.45) is 0 Å². The van der Waals surface area contributed by atoms with Gasteiger partial charge in [-0.25, -0.2) is 9.97 Å². The van der Waals surface area contributed by atoms with E-state index in [0.717, 1.165) is 37.3 Å². The molecule has 4 rings (SSSR count). The van der Waals surface area contributed by atoms with Crippen molar-refractivity contribution in [3.63, 3.8) is 0 Å². The van der Waals surface area contributed by atoms with Crippen LogP contribution in [-0.2, 0) is 0 Å². The first-order valence-corrected chi connectivity index (χ1v) is 9.42. The highest BCUT2D eigenvalue weighted by Gasteiger charge is 2.31. The highest BCUT2D eigenvalue weighted by molar-refractivity contribution is 5.88. The van der Waals surface area contributed by atoms with Crippen LogP contribution in [0.25, 0.3) is 22.4 Å². The maximum absolute atomic E-state index is 12.5. The third kappa shape index (κ3) is 4.29. The number of aromatic nitrogens is 3. The third-order valence-electron chi connectivity index (χ3n) is 5.22. The van der Waals surface area contributed by atoms with Gasteiger partial charge < -0.3 is 19.5 Å². The van der Waals surface area contributed by atoms with Crippen LogP contribution in [0.4, 0.5) is 19.0 Å². The second-order valence-electron chi connectivity index (χ2n) is 7.37. The van der Waals surface area contributed by atoms with Crippen molar-refractivity contribution in [3.8, 4) is 17.1 Å². The summed E-state index contributed by atoms with van der Waals surface area (Å²) in [6, 6.07) is 8.16. The number of H-pyrrole nitrogens is 1. The second-order valence-corrected chi connectivity index (χ2v) is 7.37. The molecule has 1 aromatic carbocycles. The topological polar surface area (TPSA) is 57.3 Å². The molecule has 3 aromatic rings. The minimum absolute atomic E-state index is 0.278. The van der Waals surface area contributed by atoms with E-state index < -0.39 is 6.36 Å². The van der Waals surface area contributed by atoms with Crippen LogP contribution in [0.5, 0.6) is 5.75 Å². The number of benzene rings is 1. The van der Waals surface area contributed by atoms with Crippen LogP contribution in [0.15, 0.2) is 36.5 Å². The van der Waals surface area contributed by atoms with Crippen molar-refractivity contribution >= 4 is 16.9 Å². The molecule has 3 heterocycles. The molecule has 0 atom stereocenters. The largest absolute Gasteiger partial charge is 0.573 e. The molecule has 154 valence electrons. The molecule has 1 aliphatic rings. The Hall–Kier alpha value is -2.81. The molecule has 0 bridgehead atoms.